The number of halogens is 1. The van der Waals surface area contributed by atoms with E-state index in [1.54, 1.807) is 15.9 Å². The molecule has 1 aliphatic rings. The largest absolute Gasteiger partial charge is 0.338 e. The highest BCUT2D eigenvalue weighted by Crippen LogP contribution is 2.22. The van der Waals surface area contributed by atoms with Gasteiger partial charge >= 0.3 is 0 Å². The molecule has 3 heterocycles. The number of likely N-dealkylation sites (tertiary alicyclic amines) is 1. The minimum atomic E-state index is -0.559. The fraction of sp³-hybridized carbons (Fsp3) is 0.353. The molecule has 3 aromatic rings. The first kappa shape index (κ1) is 15.6. The van der Waals surface area contributed by atoms with Crippen LogP contribution in [0.4, 0.5) is 4.39 Å². The van der Waals surface area contributed by atoms with E-state index in [4.69, 9.17) is 0 Å². The minimum Gasteiger partial charge on any atom is -0.338 e. The monoisotopic (exact) mass is 340 g/mol. The lowest BCUT2D eigenvalue weighted by atomic mass is 9.97. The van der Waals surface area contributed by atoms with Crippen molar-refractivity contribution < 1.29 is 9.18 Å². The minimum absolute atomic E-state index is 0.0504. The van der Waals surface area contributed by atoms with Crippen molar-refractivity contribution in [1.82, 2.24) is 29.6 Å². The van der Waals surface area contributed by atoms with Crippen molar-refractivity contribution >= 4 is 16.9 Å². The SMILES string of the molecule is O=C(c1cc2nccnc2cc1F)N1CCC[C@H](Cn2cncn2)C1. The Morgan fingerprint density at radius 1 is 1.24 bits per heavy atom. The van der Waals surface area contributed by atoms with Crippen LogP contribution in [0.1, 0.15) is 23.2 Å². The van der Waals surface area contributed by atoms with Crippen molar-refractivity contribution in [2.75, 3.05) is 13.1 Å². The highest BCUT2D eigenvalue weighted by atomic mass is 19.1. The zero-order chi connectivity index (χ0) is 17.2. The van der Waals surface area contributed by atoms with Gasteiger partial charge in [0.2, 0.25) is 0 Å². The van der Waals surface area contributed by atoms with E-state index >= 15 is 0 Å². The molecule has 1 atom stereocenters. The molecule has 0 aliphatic carbocycles. The Hall–Kier alpha value is -2.90. The number of carbonyl (C=O) groups is 1. The Balaban J connectivity index is 1.54. The summed E-state index contributed by atoms with van der Waals surface area (Å²) in [6.07, 6.45) is 8.10. The molecular formula is C17H17FN6O. The molecule has 1 fully saturated rings. The zero-order valence-corrected chi connectivity index (χ0v) is 13.5. The average molecular weight is 340 g/mol. The molecule has 4 rings (SSSR count). The highest BCUT2D eigenvalue weighted by Gasteiger charge is 2.27. The van der Waals surface area contributed by atoms with Gasteiger partial charge in [-0.3, -0.25) is 19.4 Å². The molecule has 0 saturated carbocycles. The highest BCUT2D eigenvalue weighted by molar-refractivity contribution is 5.97. The van der Waals surface area contributed by atoms with Crippen molar-refractivity contribution in [3.8, 4) is 0 Å². The third-order valence-corrected chi connectivity index (χ3v) is 4.51. The number of fused-ring (bicyclic) bond motifs is 1. The van der Waals surface area contributed by atoms with Crippen LogP contribution in [0.5, 0.6) is 0 Å². The Labute approximate surface area is 143 Å². The van der Waals surface area contributed by atoms with E-state index in [0.29, 0.717) is 30.7 Å². The van der Waals surface area contributed by atoms with Gasteiger partial charge in [-0.2, -0.15) is 5.10 Å². The van der Waals surface area contributed by atoms with Gasteiger partial charge < -0.3 is 4.90 Å². The quantitative estimate of drug-likeness (QED) is 0.728. The van der Waals surface area contributed by atoms with Crippen LogP contribution < -0.4 is 0 Å². The number of amides is 1. The second-order valence-electron chi connectivity index (χ2n) is 6.25. The topological polar surface area (TPSA) is 76.8 Å². The van der Waals surface area contributed by atoms with Crippen molar-refractivity contribution in [2.45, 2.75) is 19.4 Å². The molecule has 0 spiro atoms. The normalized spacial score (nSPS) is 17.8. The maximum atomic E-state index is 14.4. The first-order valence-electron chi connectivity index (χ1n) is 8.22. The van der Waals surface area contributed by atoms with Gasteiger partial charge in [0, 0.05) is 38.1 Å². The summed E-state index contributed by atoms with van der Waals surface area (Å²) < 4.78 is 16.2. The summed E-state index contributed by atoms with van der Waals surface area (Å²) in [6.45, 7) is 1.91. The average Bonchev–Trinajstić information content (AvgIpc) is 3.14. The van der Waals surface area contributed by atoms with Crippen LogP contribution in [0.25, 0.3) is 11.0 Å². The van der Waals surface area contributed by atoms with Gasteiger partial charge in [-0.1, -0.05) is 0 Å². The van der Waals surface area contributed by atoms with Crippen LogP contribution in [0.2, 0.25) is 0 Å². The predicted molar refractivity (Wildman–Crippen MR) is 88.1 cm³/mol. The Morgan fingerprint density at radius 3 is 2.80 bits per heavy atom. The third kappa shape index (κ3) is 3.19. The Morgan fingerprint density at radius 2 is 2.04 bits per heavy atom. The fourth-order valence-electron chi connectivity index (χ4n) is 3.31. The Kier molecular flexibility index (Phi) is 4.09. The summed E-state index contributed by atoms with van der Waals surface area (Å²) in [5.74, 6) is -0.576. The van der Waals surface area contributed by atoms with Crippen LogP contribution in [0, 0.1) is 11.7 Å². The molecule has 2 aromatic heterocycles. The second-order valence-corrected chi connectivity index (χ2v) is 6.25. The van der Waals surface area contributed by atoms with Crippen molar-refractivity contribution in [1.29, 1.82) is 0 Å². The molecule has 128 valence electrons. The van der Waals surface area contributed by atoms with Gasteiger partial charge in [-0.15, -0.1) is 0 Å². The number of hydrogen-bond acceptors (Lipinski definition) is 5. The zero-order valence-electron chi connectivity index (χ0n) is 13.5. The van der Waals surface area contributed by atoms with E-state index in [1.165, 1.54) is 30.9 Å². The van der Waals surface area contributed by atoms with Gasteiger partial charge in [0.05, 0.1) is 16.6 Å². The molecule has 0 N–H and O–H groups in total. The summed E-state index contributed by atoms with van der Waals surface area (Å²) >= 11 is 0. The second kappa shape index (κ2) is 6.54. The van der Waals surface area contributed by atoms with Gasteiger partial charge in [-0.25, -0.2) is 9.37 Å². The van der Waals surface area contributed by atoms with Gasteiger partial charge in [-0.05, 0) is 24.8 Å². The third-order valence-electron chi connectivity index (χ3n) is 4.51. The Bertz CT molecular complexity index is 897. The maximum Gasteiger partial charge on any atom is 0.256 e. The molecular weight excluding hydrogens is 323 g/mol. The van der Waals surface area contributed by atoms with Gasteiger partial charge in [0.1, 0.15) is 18.5 Å². The van der Waals surface area contributed by atoms with Crippen molar-refractivity contribution in [2.24, 2.45) is 5.92 Å². The molecule has 1 saturated heterocycles. The van der Waals surface area contributed by atoms with E-state index < -0.39 is 5.82 Å². The molecule has 25 heavy (non-hydrogen) atoms. The maximum absolute atomic E-state index is 14.4. The molecule has 0 bridgehead atoms. The first-order valence-corrected chi connectivity index (χ1v) is 8.22. The van der Waals surface area contributed by atoms with E-state index in [2.05, 4.69) is 20.1 Å². The van der Waals surface area contributed by atoms with Crippen LogP contribution in [-0.4, -0.2) is 48.6 Å². The number of hydrogen-bond donors (Lipinski definition) is 0. The van der Waals surface area contributed by atoms with Crippen LogP contribution in [0.3, 0.4) is 0 Å². The first-order chi connectivity index (χ1) is 12.2. The summed E-state index contributed by atoms with van der Waals surface area (Å²) in [5.41, 5.74) is 1.01. The summed E-state index contributed by atoms with van der Waals surface area (Å²) in [5, 5.41) is 4.11. The van der Waals surface area contributed by atoms with E-state index in [-0.39, 0.29) is 17.4 Å². The number of rotatable bonds is 3. The van der Waals surface area contributed by atoms with Gasteiger partial charge in [0.25, 0.3) is 5.91 Å². The molecule has 1 amide bonds. The number of nitrogens with zero attached hydrogens (tertiary/aromatic N) is 6. The summed E-state index contributed by atoms with van der Waals surface area (Å²) in [6, 6.07) is 2.76. The lowest BCUT2D eigenvalue weighted by Gasteiger charge is -2.32. The number of aromatic nitrogens is 5. The van der Waals surface area contributed by atoms with E-state index in [9.17, 15) is 9.18 Å². The number of carbonyl (C=O) groups excluding carboxylic acids is 1. The molecule has 0 unspecified atom stereocenters. The standard InChI is InChI=1S/C17H17FN6O/c18-14-7-16-15(20-3-4-21-16)6-13(14)17(25)23-5-1-2-12(8-23)9-24-11-19-10-22-24/h3-4,6-7,10-12H,1-2,5,8-9H2/t12-/m0/s1. The van der Waals surface area contributed by atoms with Crippen molar-refractivity contribution in [3.63, 3.8) is 0 Å². The van der Waals surface area contributed by atoms with Crippen LogP contribution in [-0.2, 0) is 6.54 Å². The van der Waals surface area contributed by atoms with Crippen LogP contribution >= 0.6 is 0 Å². The van der Waals surface area contributed by atoms with Crippen molar-refractivity contribution in [3.05, 3.63) is 48.6 Å². The number of piperidine rings is 1. The smallest absolute Gasteiger partial charge is 0.256 e. The van der Waals surface area contributed by atoms with E-state index in [1.807, 2.05) is 0 Å². The fourth-order valence-corrected chi connectivity index (χ4v) is 3.31. The van der Waals surface area contributed by atoms with Crippen LogP contribution in [0.15, 0.2) is 37.2 Å². The number of benzene rings is 1. The summed E-state index contributed by atoms with van der Waals surface area (Å²) in [7, 11) is 0. The molecule has 1 aromatic carbocycles. The lowest BCUT2D eigenvalue weighted by molar-refractivity contribution is 0.0655. The lowest BCUT2D eigenvalue weighted by Crippen LogP contribution is -2.41. The predicted octanol–water partition coefficient (Wildman–Crippen LogP) is 1.91. The summed E-state index contributed by atoms with van der Waals surface area (Å²) in [4.78, 5) is 26.7. The molecule has 1 aliphatic heterocycles. The molecule has 7 nitrogen and oxygen atoms in total. The van der Waals surface area contributed by atoms with E-state index in [0.717, 1.165) is 12.8 Å². The molecule has 8 heteroatoms. The molecule has 0 radical (unpaired) electrons. The van der Waals surface area contributed by atoms with Gasteiger partial charge in [0.15, 0.2) is 0 Å².